The Labute approximate surface area is 103 Å². The SMILES string of the molecule is Brc1cc(Br)n(CCc2cccs2)n1. The van der Waals surface area contributed by atoms with Crippen molar-refractivity contribution in [3.05, 3.63) is 37.7 Å². The van der Waals surface area contributed by atoms with Crippen LogP contribution in [-0.2, 0) is 13.0 Å². The molecule has 14 heavy (non-hydrogen) atoms. The van der Waals surface area contributed by atoms with E-state index in [0.717, 1.165) is 22.2 Å². The van der Waals surface area contributed by atoms with Crippen molar-refractivity contribution >= 4 is 43.2 Å². The quantitative estimate of drug-likeness (QED) is 0.836. The van der Waals surface area contributed by atoms with Crippen molar-refractivity contribution in [2.24, 2.45) is 0 Å². The van der Waals surface area contributed by atoms with Crippen LogP contribution in [-0.4, -0.2) is 9.78 Å². The molecule has 0 aromatic carbocycles. The molecular formula is C9H8Br2N2S. The molecule has 0 fully saturated rings. The first-order valence-corrected chi connectivity index (χ1v) is 6.63. The third-order valence-corrected chi connectivity index (χ3v) is 3.81. The predicted octanol–water partition coefficient (Wildman–Crippen LogP) is 3.71. The van der Waals surface area contributed by atoms with Crippen LogP contribution in [0.25, 0.3) is 0 Å². The number of hydrogen-bond acceptors (Lipinski definition) is 2. The fraction of sp³-hybridized carbons (Fsp3) is 0.222. The van der Waals surface area contributed by atoms with E-state index in [0.29, 0.717) is 0 Å². The maximum absolute atomic E-state index is 4.30. The summed E-state index contributed by atoms with van der Waals surface area (Å²) in [6, 6.07) is 6.18. The van der Waals surface area contributed by atoms with Crippen LogP contribution in [0.1, 0.15) is 4.88 Å². The topological polar surface area (TPSA) is 17.8 Å². The molecule has 2 aromatic heterocycles. The van der Waals surface area contributed by atoms with E-state index in [1.54, 1.807) is 11.3 Å². The fourth-order valence-corrected chi connectivity index (χ4v) is 3.08. The van der Waals surface area contributed by atoms with Crippen molar-refractivity contribution in [1.29, 1.82) is 0 Å². The second-order valence-electron chi connectivity index (χ2n) is 2.84. The number of nitrogens with zero attached hydrogens (tertiary/aromatic N) is 2. The lowest BCUT2D eigenvalue weighted by Crippen LogP contribution is -2.02. The van der Waals surface area contributed by atoms with E-state index in [9.17, 15) is 0 Å². The molecule has 2 rings (SSSR count). The molecule has 2 heterocycles. The van der Waals surface area contributed by atoms with Gasteiger partial charge in [0.1, 0.15) is 9.21 Å². The zero-order valence-electron chi connectivity index (χ0n) is 7.28. The van der Waals surface area contributed by atoms with Crippen molar-refractivity contribution in [3.8, 4) is 0 Å². The van der Waals surface area contributed by atoms with E-state index in [4.69, 9.17) is 0 Å². The highest BCUT2D eigenvalue weighted by Gasteiger charge is 2.03. The zero-order valence-corrected chi connectivity index (χ0v) is 11.3. The molecule has 2 aromatic rings. The van der Waals surface area contributed by atoms with Crippen molar-refractivity contribution < 1.29 is 0 Å². The molecule has 5 heteroatoms. The average Bonchev–Trinajstić information content (AvgIpc) is 2.72. The Kier molecular flexibility index (Phi) is 3.41. The minimum atomic E-state index is 0.871. The standard InChI is InChI=1S/C9H8Br2N2S/c10-8-6-9(11)13(12-8)4-3-7-2-1-5-14-7/h1-2,5-6H,3-4H2. The molecule has 0 spiro atoms. The summed E-state index contributed by atoms with van der Waals surface area (Å²) < 4.78 is 3.83. The molecule has 0 radical (unpaired) electrons. The molecule has 0 N–H and O–H groups in total. The summed E-state index contributed by atoms with van der Waals surface area (Å²) in [7, 11) is 0. The molecule has 0 saturated carbocycles. The molecule has 0 saturated heterocycles. The Morgan fingerprint density at radius 2 is 2.29 bits per heavy atom. The smallest absolute Gasteiger partial charge is 0.129 e. The van der Waals surface area contributed by atoms with Gasteiger partial charge in [0.25, 0.3) is 0 Å². The van der Waals surface area contributed by atoms with Crippen LogP contribution in [0.5, 0.6) is 0 Å². The molecule has 74 valence electrons. The summed E-state index contributed by atoms with van der Waals surface area (Å²) in [6.07, 6.45) is 1.03. The Bertz CT molecular complexity index is 408. The molecular weight excluding hydrogens is 328 g/mol. The number of halogens is 2. The summed E-state index contributed by atoms with van der Waals surface area (Å²) in [5, 5.41) is 6.40. The number of thiophene rings is 1. The summed E-state index contributed by atoms with van der Waals surface area (Å²) in [4.78, 5) is 1.39. The summed E-state index contributed by atoms with van der Waals surface area (Å²) >= 11 is 8.58. The van der Waals surface area contributed by atoms with E-state index in [1.165, 1.54) is 4.88 Å². The van der Waals surface area contributed by atoms with Gasteiger partial charge in [0.2, 0.25) is 0 Å². The van der Waals surface area contributed by atoms with Crippen LogP contribution < -0.4 is 0 Å². The first-order chi connectivity index (χ1) is 6.75. The highest BCUT2D eigenvalue weighted by molar-refractivity contribution is 9.11. The highest BCUT2D eigenvalue weighted by atomic mass is 79.9. The van der Waals surface area contributed by atoms with Crippen molar-refractivity contribution in [3.63, 3.8) is 0 Å². The number of hydrogen-bond donors (Lipinski definition) is 0. The normalized spacial score (nSPS) is 10.7. The minimum Gasteiger partial charge on any atom is -0.257 e. The van der Waals surface area contributed by atoms with Gasteiger partial charge in [-0.2, -0.15) is 5.10 Å². The van der Waals surface area contributed by atoms with Gasteiger partial charge in [-0.15, -0.1) is 11.3 Å². The summed E-state index contributed by atoms with van der Waals surface area (Å²) in [5.74, 6) is 0. The van der Waals surface area contributed by atoms with Gasteiger partial charge in [-0.25, -0.2) is 0 Å². The lowest BCUT2D eigenvalue weighted by atomic mass is 10.3. The third-order valence-electron chi connectivity index (χ3n) is 1.85. The van der Waals surface area contributed by atoms with Gasteiger partial charge in [0.05, 0.1) is 0 Å². The van der Waals surface area contributed by atoms with Gasteiger partial charge in [-0.05, 0) is 43.3 Å². The molecule has 0 aliphatic heterocycles. The third kappa shape index (κ3) is 2.46. The number of aromatic nitrogens is 2. The largest absolute Gasteiger partial charge is 0.257 e. The minimum absolute atomic E-state index is 0.871. The first kappa shape index (κ1) is 10.4. The van der Waals surface area contributed by atoms with Crippen LogP contribution in [0.4, 0.5) is 0 Å². The van der Waals surface area contributed by atoms with Gasteiger partial charge < -0.3 is 0 Å². The molecule has 0 unspecified atom stereocenters. The Morgan fingerprint density at radius 1 is 1.43 bits per heavy atom. The maximum Gasteiger partial charge on any atom is 0.129 e. The van der Waals surface area contributed by atoms with Gasteiger partial charge in [-0.1, -0.05) is 6.07 Å². The lowest BCUT2D eigenvalue weighted by Gasteiger charge is -2.00. The maximum atomic E-state index is 4.30. The fourth-order valence-electron chi connectivity index (χ4n) is 1.19. The van der Waals surface area contributed by atoms with E-state index >= 15 is 0 Å². The zero-order chi connectivity index (χ0) is 9.97. The van der Waals surface area contributed by atoms with Gasteiger partial charge in [0.15, 0.2) is 0 Å². The van der Waals surface area contributed by atoms with Gasteiger partial charge >= 0.3 is 0 Å². The van der Waals surface area contributed by atoms with Crippen molar-refractivity contribution in [1.82, 2.24) is 9.78 Å². The second-order valence-corrected chi connectivity index (χ2v) is 5.50. The van der Waals surface area contributed by atoms with Crippen LogP contribution in [0.3, 0.4) is 0 Å². The molecule has 0 aliphatic rings. The van der Waals surface area contributed by atoms with E-state index in [-0.39, 0.29) is 0 Å². The Morgan fingerprint density at radius 3 is 2.86 bits per heavy atom. The van der Waals surface area contributed by atoms with E-state index < -0.39 is 0 Å². The molecule has 0 aliphatic carbocycles. The van der Waals surface area contributed by atoms with E-state index in [2.05, 4.69) is 54.5 Å². The highest BCUT2D eigenvalue weighted by Crippen LogP contribution is 2.17. The van der Waals surface area contributed by atoms with Crippen LogP contribution in [0, 0.1) is 0 Å². The van der Waals surface area contributed by atoms with Crippen LogP contribution in [0.15, 0.2) is 32.8 Å². The first-order valence-electron chi connectivity index (χ1n) is 4.17. The van der Waals surface area contributed by atoms with Gasteiger partial charge in [-0.3, -0.25) is 4.68 Å². The van der Waals surface area contributed by atoms with Crippen LogP contribution in [0.2, 0.25) is 0 Å². The second kappa shape index (κ2) is 4.59. The number of rotatable bonds is 3. The Balaban J connectivity index is 2.01. The molecule has 0 bridgehead atoms. The summed E-state index contributed by atoms with van der Waals surface area (Å²) in [6.45, 7) is 0.909. The van der Waals surface area contributed by atoms with Crippen molar-refractivity contribution in [2.45, 2.75) is 13.0 Å². The monoisotopic (exact) mass is 334 g/mol. The van der Waals surface area contributed by atoms with E-state index in [1.807, 2.05) is 10.7 Å². The number of aryl methyl sites for hydroxylation is 2. The molecule has 0 amide bonds. The summed E-state index contributed by atoms with van der Waals surface area (Å²) in [5.41, 5.74) is 0. The molecule has 0 atom stereocenters. The lowest BCUT2D eigenvalue weighted by molar-refractivity contribution is 0.603. The van der Waals surface area contributed by atoms with Gasteiger partial charge in [0, 0.05) is 23.9 Å². The predicted molar refractivity (Wildman–Crippen MR) is 65.7 cm³/mol. The van der Waals surface area contributed by atoms with Crippen molar-refractivity contribution in [2.75, 3.05) is 0 Å². The molecule has 2 nitrogen and oxygen atoms in total. The average molecular weight is 336 g/mol. The Hall–Kier alpha value is -0.130. The van der Waals surface area contributed by atoms with Crippen LogP contribution >= 0.6 is 43.2 Å².